The molecule has 0 aliphatic carbocycles. The summed E-state index contributed by atoms with van der Waals surface area (Å²) in [5, 5.41) is 0. The molecule has 0 N–H and O–H groups in total. The Morgan fingerprint density at radius 1 is 1.29 bits per heavy atom. The fourth-order valence-electron chi connectivity index (χ4n) is 3.50. The molecule has 0 fully saturated rings. The summed E-state index contributed by atoms with van der Waals surface area (Å²) < 4.78 is 11.5. The van der Waals surface area contributed by atoms with Crippen LogP contribution in [0, 0.1) is 5.92 Å². The molecule has 2 aromatic rings. The lowest BCUT2D eigenvalue weighted by Crippen LogP contribution is -2.34. The number of amides is 1. The summed E-state index contributed by atoms with van der Waals surface area (Å²) in [5.41, 5.74) is 3.35. The molecule has 3 rings (SSSR count). The van der Waals surface area contributed by atoms with Crippen LogP contribution in [0.3, 0.4) is 0 Å². The van der Waals surface area contributed by atoms with Crippen molar-refractivity contribution in [2.45, 2.75) is 59.4 Å². The van der Waals surface area contributed by atoms with Crippen molar-refractivity contribution in [2.24, 2.45) is 5.92 Å². The van der Waals surface area contributed by atoms with E-state index in [1.54, 1.807) is 12.3 Å². The Bertz CT molecular complexity index is 911. The number of oxazole rings is 1. The molecule has 1 aromatic heterocycles. The number of nitrogens with zero attached hydrogens (tertiary/aromatic N) is 2. The third-order valence-electron chi connectivity index (χ3n) is 5.28. The van der Waals surface area contributed by atoms with Gasteiger partial charge in [-0.1, -0.05) is 45.4 Å². The van der Waals surface area contributed by atoms with Gasteiger partial charge in [-0.05, 0) is 60.6 Å². The molecule has 0 unspecified atom stereocenters. The molecule has 1 aromatic carbocycles. The SMILES string of the molecule is CCCC=CC(=O)N1CCc2ccc(OCCc3coc(/C=C/CC(C)C)n3)cc2C1. The number of fused-ring (bicyclic) bond motifs is 1. The first-order chi connectivity index (χ1) is 15.0. The number of ether oxygens (including phenoxy) is 1. The van der Waals surface area contributed by atoms with Crippen molar-refractivity contribution in [1.82, 2.24) is 9.88 Å². The van der Waals surface area contributed by atoms with Crippen molar-refractivity contribution in [2.75, 3.05) is 13.2 Å². The summed E-state index contributed by atoms with van der Waals surface area (Å²) in [7, 11) is 0. The molecule has 1 amide bonds. The second-order valence-corrected chi connectivity index (χ2v) is 8.44. The van der Waals surface area contributed by atoms with Gasteiger partial charge in [-0.15, -0.1) is 0 Å². The van der Waals surface area contributed by atoms with Crippen LogP contribution in [0.25, 0.3) is 6.08 Å². The first-order valence-electron chi connectivity index (χ1n) is 11.4. The predicted octanol–water partition coefficient (Wildman–Crippen LogP) is 5.60. The molecule has 0 atom stereocenters. The Kier molecular flexibility index (Phi) is 8.51. The summed E-state index contributed by atoms with van der Waals surface area (Å²) in [6.07, 6.45) is 14.0. The van der Waals surface area contributed by atoms with E-state index in [0.717, 1.165) is 43.7 Å². The number of carbonyl (C=O) groups excluding carboxylic acids is 1. The largest absolute Gasteiger partial charge is 0.493 e. The second-order valence-electron chi connectivity index (χ2n) is 8.44. The van der Waals surface area contributed by atoms with Gasteiger partial charge in [0.1, 0.15) is 12.0 Å². The summed E-state index contributed by atoms with van der Waals surface area (Å²) in [4.78, 5) is 18.8. The van der Waals surface area contributed by atoms with Crippen LogP contribution < -0.4 is 4.74 Å². The quantitative estimate of drug-likeness (QED) is 0.468. The van der Waals surface area contributed by atoms with Crippen molar-refractivity contribution >= 4 is 12.0 Å². The normalized spacial score (nSPS) is 14.0. The van der Waals surface area contributed by atoms with E-state index >= 15 is 0 Å². The van der Waals surface area contributed by atoms with E-state index in [0.29, 0.717) is 31.4 Å². The van der Waals surface area contributed by atoms with Gasteiger partial charge < -0.3 is 14.1 Å². The second kappa shape index (κ2) is 11.5. The molecule has 5 heteroatoms. The highest BCUT2D eigenvalue weighted by molar-refractivity contribution is 5.87. The third kappa shape index (κ3) is 7.12. The van der Waals surface area contributed by atoms with E-state index in [2.05, 4.69) is 44.0 Å². The minimum atomic E-state index is 0.0923. The number of hydrogen-bond acceptors (Lipinski definition) is 4. The molecule has 0 bridgehead atoms. The molecule has 2 heterocycles. The minimum absolute atomic E-state index is 0.0923. The van der Waals surface area contributed by atoms with Crippen LogP contribution in [0.5, 0.6) is 5.75 Å². The van der Waals surface area contributed by atoms with Gasteiger partial charge in [-0.25, -0.2) is 4.98 Å². The number of carbonyl (C=O) groups is 1. The van der Waals surface area contributed by atoms with Crippen LogP contribution in [0.4, 0.5) is 0 Å². The monoisotopic (exact) mass is 422 g/mol. The van der Waals surface area contributed by atoms with Crippen LogP contribution in [0.15, 0.2) is 47.1 Å². The number of unbranched alkanes of at least 4 members (excludes halogenated alkanes) is 1. The van der Waals surface area contributed by atoms with Crippen molar-refractivity contribution in [3.05, 3.63) is 65.4 Å². The summed E-state index contributed by atoms with van der Waals surface area (Å²) >= 11 is 0. The van der Waals surface area contributed by atoms with Crippen LogP contribution in [0.1, 0.15) is 62.7 Å². The van der Waals surface area contributed by atoms with Crippen molar-refractivity contribution in [3.8, 4) is 5.75 Å². The van der Waals surface area contributed by atoms with Crippen LogP contribution >= 0.6 is 0 Å². The molecule has 5 nitrogen and oxygen atoms in total. The Morgan fingerprint density at radius 2 is 2.16 bits per heavy atom. The van der Waals surface area contributed by atoms with Crippen LogP contribution in [-0.4, -0.2) is 28.9 Å². The van der Waals surface area contributed by atoms with E-state index in [4.69, 9.17) is 9.15 Å². The van der Waals surface area contributed by atoms with Crippen LogP contribution in [-0.2, 0) is 24.2 Å². The van der Waals surface area contributed by atoms with E-state index < -0.39 is 0 Å². The highest BCUT2D eigenvalue weighted by Gasteiger charge is 2.19. The zero-order valence-corrected chi connectivity index (χ0v) is 19.0. The minimum Gasteiger partial charge on any atom is -0.493 e. The Balaban J connectivity index is 1.50. The molecule has 1 aliphatic rings. The number of hydrogen-bond donors (Lipinski definition) is 0. The molecule has 0 spiro atoms. The molecule has 166 valence electrons. The first kappa shape index (κ1) is 22.9. The van der Waals surface area contributed by atoms with E-state index in [9.17, 15) is 4.79 Å². The van der Waals surface area contributed by atoms with E-state index in [1.165, 1.54) is 11.1 Å². The van der Waals surface area contributed by atoms with E-state index in [1.807, 2.05) is 23.1 Å². The average Bonchev–Trinajstić information content (AvgIpc) is 3.20. The summed E-state index contributed by atoms with van der Waals surface area (Å²) in [5.74, 6) is 2.19. The summed E-state index contributed by atoms with van der Waals surface area (Å²) in [6, 6.07) is 6.20. The van der Waals surface area contributed by atoms with Gasteiger partial charge in [0.25, 0.3) is 0 Å². The van der Waals surface area contributed by atoms with Gasteiger partial charge in [0.05, 0.1) is 12.3 Å². The molecule has 0 saturated carbocycles. The smallest absolute Gasteiger partial charge is 0.246 e. The zero-order chi connectivity index (χ0) is 22.1. The molecular weight excluding hydrogens is 388 g/mol. The number of aromatic nitrogens is 1. The molecular formula is C26H34N2O3. The molecule has 1 aliphatic heterocycles. The van der Waals surface area contributed by atoms with E-state index in [-0.39, 0.29) is 5.91 Å². The lowest BCUT2D eigenvalue weighted by atomic mass is 9.99. The van der Waals surface area contributed by atoms with Crippen LogP contribution in [0.2, 0.25) is 0 Å². The zero-order valence-electron chi connectivity index (χ0n) is 19.0. The Hall–Kier alpha value is -2.82. The lowest BCUT2D eigenvalue weighted by molar-refractivity contribution is -0.126. The maximum atomic E-state index is 12.4. The van der Waals surface area contributed by atoms with Crippen molar-refractivity contribution in [1.29, 1.82) is 0 Å². The molecule has 31 heavy (non-hydrogen) atoms. The highest BCUT2D eigenvalue weighted by Crippen LogP contribution is 2.24. The molecule has 0 saturated heterocycles. The fraction of sp³-hybridized carbons (Fsp3) is 0.462. The van der Waals surface area contributed by atoms with Gasteiger partial charge in [-0.2, -0.15) is 0 Å². The fourth-order valence-corrected chi connectivity index (χ4v) is 3.50. The van der Waals surface area contributed by atoms with Crippen molar-refractivity contribution in [3.63, 3.8) is 0 Å². The number of benzene rings is 1. The van der Waals surface area contributed by atoms with Gasteiger partial charge >= 0.3 is 0 Å². The maximum Gasteiger partial charge on any atom is 0.246 e. The third-order valence-corrected chi connectivity index (χ3v) is 5.28. The predicted molar refractivity (Wildman–Crippen MR) is 124 cm³/mol. The average molecular weight is 423 g/mol. The Labute approximate surface area is 185 Å². The standard InChI is InChI=1S/C26H34N2O3/c1-4-5-6-10-26(29)28-15-13-21-11-12-24(17-22(21)18-28)30-16-14-23-19-31-25(27-23)9-7-8-20(2)3/h6-7,9-12,17,19-20H,4-5,8,13-16,18H2,1-3H3/b9-7+,10-6?. The summed E-state index contributed by atoms with van der Waals surface area (Å²) in [6.45, 7) is 8.41. The van der Waals surface area contributed by atoms with Gasteiger partial charge in [0, 0.05) is 19.5 Å². The first-order valence-corrected chi connectivity index (χ1v) is 11.4. The van der Waals surface area contributed by atoms with Gasteiger partial charge in [0.2, 0.25) is 11.8 Å². The van der Waals surface area contributed by atoms with Crippen molar-refractivity contribution < 1.29 is 13.9 Å². The maximum absolute atomic E-state index is 12.4. The molecule has 0 radical (unpaired) electrons. The number of rotatable bonds is 10. The highest BCUT2D eigenvalue weighted by atomic mass is 16.5. The van der Waals surface area contributed by atoms with Gasteiger partial charge in [-0.3, -0.25) is 4.79 Å². The number of allylic oxidation sites excluding steroid dienone is 2. The Morgan fingerprint density at radius 3 is 2.97 bits per heavy atom. The lowest BCUT2D eigenvalue weighted by Gasteiger charge is -2.28. The topological polar surface area (TPSA) is 55.6 Å². The van der Waals surface area contributed by atoms with Gasteiger partial charge in [0.15, 0.2) is 0 Å².